The third-order valence-electron chi connectivity index (χ3n) is 2.64. The minimum absolute atomic E-state index is 0.392. The Kier molecular flexibility index (Phi) is 5.39. The van der Waals surface area contributed by atoms with Crippen LogP contribution in [-0.2, 0) is 4.74 Å². The van der Waals surface area contributed by atoms with E-state index < -0.39 is 5.97 Å². The molecule has 0 radical (unpaired) electrons. The zero-order chi connectivity index (χ0) is 14.4. The summed E-state index contributed by atoms with van der Waals surface area (Å²) >= 11 is 1.32. The molecule has 0 aliphatic carbocycles. The number of methoxy groups -OCH3 is 1. The Morgan fingerprint density at radius 3 is 2.68 bits per heavy atom. The van der Waals surface area contributed by atoms with Gasteiger partial charge in [0.2, 0.25) is 0 Å². The highest BCUT2D eigenvalue weighted by Crippen LogP contribution is 2.23. The lowest BCUT2D eigenvalue weighted by Gasteiger charge is -2.09. The number of carbonyl (C=O) groups excluding carboxylic acids is 1. The molecule has 0 aliphatic heterocycles. The molecule has 0 heterocycles. The van der Waals surface area contributed by atoms with Gasteiger partial charge in [0, 0.05) is 0 Å². The van der Waals surface area contributed by atoms with E-state index in [0.29, 0.717) is 16.4 Å². The highest BCUT2D eigenvalue weighted by molar-refractivity contribution is 8.13. The van der Waals surface area contributed by atoms with Crippen LogP contribution in [0.15, 0.2) is 17.1 Å². The van der Waals surface area contributed by atoms with Crippen molar-refractivity contribution in [1.29, 1.82) is 5.26 Å². The van der Waals surface area contributed by atoms with E-state index in [0.717, 1.165) is 11.1 Å². The Morgan fingerprint density at radius 1 is 1.47 bits per heavy atom. The summed E-state index contributed by atoms with van der Waals surface area (Å²) in [4.78, 5) is 16.0. The Balaban J connectivity index is 3.28. The predicted octanol–water partition coefficient (Wildman–Crippen LogP) is 2.51. The van der Waals surface area contributed by atoms with E-state index in [1.54, 1.807) is 6.07 Å². The number of ether oxygens (including phenoxy) is 1. The Labute approximate surface area is 116 Å². The highest BCUT2D eigenvalue weighted by Gasteiger charge is 2.12. The van der Waals surface area contributed by atoms with Crippen LogP contribution in [0, 0.1) is 25.3 Å². The van der Waals surface area contributed by atoms with Crippen LogP contribution >= 0.6 is 11.8 Å². The summed E-state index contributed by atoms with van der Waals surface area (Å²) in [7, 11) is 1.34. The first-order chi connectivity index (χ1) is 9.03. The molecular weight excluding hydrogens is 262 g/mol. The summed E-state index contributed by atoms with van der Waals surface area (Å²) in [6, 6.07) is 3.51. The molecule has 0 unspecified atom stereocenters. The summed E-state index contributed by atoms with van der Waals surface area (Å²) in [6.07, 6.45) is 3.63. The van der Waals surface area contributed by atoms with Gasteiger partial charge in [-0.3, -0.25) is 5.32 Å². The quantitative estimate of drug-likeness (QED) is 0.295. The number of nitrogens with zero attached hydrogens (tertiary/aromatic N) is 2. The van der Waals surface area contributed by atoms with Crippen molar-refractivity contribution in [2.45, 2.75) is 13.8 Å². The first-order valence-corrected chi connectivity index (χ1v) is 6.73. The summed E-state index contributed by atoms with van der Waals surface area (Å²) in [5.74, 6) is -0.392. The number of benzene rings is 1. The summed E-state index contributed by atoms with van der Waals surface area (Å²) in [6.45, 7) is 3.76. The van der Waals surface area contributed by atoms with Gasteiger partial charge in [-0.15, -0.1) is 0 Å². The van der Waals surface area contributed by atoms with E-state index in [9.17, 15) is 4.79 Å². The Bertz CT molecular complexity index is 562. The standard InChI is InChI=1S/C13H15N3O2S/c1-8-5-10(16-13(19-4)15-7-14)6-11(9(8)2)12(17)18-3/h5-6H,1-4H3,(H,15,16). The average molecular weight is 277 g/mol. The van der Waals surface area contributed by atoms with Crippen molar-refractivity contribution < 1.29 is 9.53 Å². The molecule has 0 bridgehead atoms. The number of aliphatic imine (C=N–C) groups is 1. The number of rotatable bonds is 2. The van der Waals surface area contributed by atoms with Crippen LogP contribution in [0.5, 0.6) is 0 Å². The predicted molar refractivity (Wildman–Crippen MR) is 76.6 cm³/mol. The van der Waals surface area contributed by atoms with Gasteiger partial charge in [-0.2, -0.15) is 5.26 Å². The van der Waals surface area contributed by atoms with Crippen molar-refractivity contribution in [3.8, 4) is 6.19 Å². The van der Waals surface area contributed by atoms with Crippen LogP contribution in [0.2, 0.25) is 0 Å². The third kappa shape index (κ3) is 3.73. The molecule has 1 rings (SSSR count). The minimum Gasteiger partial charge on any atom is -0.465 e. The zero-order valence-corrected chi connectivity index (χ0v) is 12.1. The van der Waals surface area contributed by atoms with E-state index in [1.165, 1.54) is 18.9 Å². The van der Waals surface area contributed by atoms with Crippen LogP contribution < -0.4 is 5.32 Å². The molecule has 1 aromatic rings. The fourth-order valence-electron chi connectivity index (χ4n) is 1.52. The molecule has 0 aromatic heterocycles. The lowest BCUT2D eigenvalue weighted by Crippen LogP contribution is -2.12. The van der Waals surface area contributed by atoms with Gasteiger partial charge in [-0.25, -0.2) is 9.79 Å². The number of esters is 1. The first kappa shape index (κ1) is 15.1. The molecule has 0 fully saturated rings. The molecule has 0 spiro atoms. The second-order valence-electron chi connectivity index (χ2n) is 3.78. The zero-order valence-electron chi connectivity index (χ0n) is 11.3. The number of hydrogen-bond acceptors (Lipinski definition) is 5. The van der Waals surface area contributed by atoms with Crippen LogP contribution in [-0.4, -0.2) is 24.5 Å². The van der Waals surface area contributed by atoms with Crippen LogP contribution in [0.4, 0.5) is 5.69 Å². The topological polar surface area (TPSA) is 74.5 Å². The number of aryl methyl sites for hydroxylation is 1. The van der Waals surface area contributed by atoms with Crippen molar-refractivity contribution in [2.24, 2.45) is 4.99 Å². The number of thioether (sulfide) groups is 1. The molecule has 0 aliphatic rings. The fourth-order valence-corrected chi connectivity index (χ4v) is 1.86. The van der Waals surface area contributed by atoms with Gasteiger partial charge in [0.25, 0.3) is 0 Å². The largest absolute Gasteiger partial charge is 0.465 e. The van der Waals surface area contributed by atoms with Crippen LogP contribution in [0.1, 0.15) is 21.5 Å². The number of amidine groups is 1. The van der Waals surface area contributed by atoms with Crippen molar-refractivity contribution in [3.63, 3.8) is 0 Å². The molecule has 1 aromatic carbocycles. The van der Waals surface area contributed by atoms with E-state index >= 15 is 0 Å². The van der Waals surface area contributed by atoms with Gasteiger partial charge in [-0.05, 0) is 43.4 Å². The maximum atomic E-state index is 11.7. The van der Waals surface area contributed by atoms with Gasteiger partial charge in [0.05, 0.1) is 18.4 Å². The SMILES string of the molecule is COC(=O)c1cc(N=C(NC#N)SC)cc(C)c1C. The molecule has 19 heavy (non-hydrogen) atoms. The number of hydrogen-bond donors (Lipinski definition) is 1. The van der Waals surface area contributed by atoms with E-state index in [-0.39, 0.29) is 0 Å². The number of carbonyl (C=O) groups is 1. The van der Waals surface area contributed by atoms with Gasteiger partial charge < -0.3 is 4.74 Å². The molecule has 1 N–H and O–H groups in total. The van der Waals surface area contributed by atoms with Crippen molar-refractivity contribution in [3.05, 3.63) is 28.8 Å². The van der Waals surface area contributed by atoms with Crippen molar-refractivity contribution in [1.82, 2.24) is 5.32 Å². The van der Waals surface area contributed by atoms with E-state index in [2.05, 4.69) is 10.3 Å². The Morgan fingerprint density at radius 2 is 2.16 bits per heavy atom. The minimum atomic E-state index is -0.392. The summed E-state index contributed by atoms with van der Waals surface area (Å²) < 4.78 is 4.75. The number of nitrogens with one attached hydrogen (secondary N) is 1. The second kappa shape index (κ2) is 6.81. The molecule has 0 atom stereocenters. The van der Waals surface area contributed by atoms with Crippen molar-refractivity contribution in [2.75, 3.05) is 13.4 Å². The van der Waals surface area contributed by atoms with Gasteiger partial charge in [0.15, 0.2) is 11.4 Å². The molecular formula is C13H15N3O2S. The maximum Gasteiger partial charge on any atom is 0.338 e. The number of nitriles is 1. The van der Waals surface area contributed by atoms with E-state index in [4.69, 9.17) is 10.00 Å². The highest BCUT2D eigenvalue weighted by atomic mass is 32.2. The molecule has 0 saturated carbocycles. The molecule has 5 nitrogen and oxygen atoms in total. The van der Waals surface area contributed by atoms with Crippen LogP contribution in [0.3, 0.4) is 0 Å². The van der Waals surface area contributed by atoms with Crippen molar-refractivity contribution >= 4 is 28.6 Å². The normalized spacial score (nSPS) is 10.8. The second-order valence-corrected chi connectivity index (χ2v) is 4.58. The molecule has 6 heteroatoms. The van der Waals surface area contributed by atoms with Gasteiger partial charge in [-0.1, -0.05) is 11.8 Å². The lowest BCUT2D eigenvalue weighted by molar-refractivity contribution is 0.0600. The molecule has 100 valence electrons. The summed E-state index contributed by atoms with van der Waals surface area (Å²) in [5, 5.41) is 11.5. The fraction of sp³-hybridized carbons (Fsp3) is 0.308. The van der Waals surface area contributed by atoms with Gasteiger partial charge in [0.1, 0.15) is 0 Å². The molecule has 0 amide bonds. The smallest absolute Gasteiger partial charge is 0.338 e. The van der Waals surface area contributed by atoms with E-state index in [1.807, 2.05) is 32.4 Å². The monoisotopic (exact) mass is 277 g/mol. The first-order valence-electron chi connectivity index (χ1n) is 5.50. The van der Waals surface area contributed by atoms with Crippen LogP contribution in [0.25, 0.3) is 0 Å². The maximum absolute atomic E-state index is 11.7. The van der Waals surface area contributed by atoms with Gasteiger partial charge >= 0.3 is 5.97 Å². The Hall–Kier alpha value is -2.00. The summed E-state index contributed by atoms with van der Waals surface area (Å²) in [5.41, 5.74) is 2.90. The lowest BCUT2D eigenvalue weighted by atomic mass is 10.0. The average Bonchev–Trinajstić information content (AvgIpc) is 2.41. The molecule has 0 saturated heterocycles. The third-order valence-corrected chi connectivity index (χ3v) is 3.22.